The average molecular weight is 227 g/mol. The van der Waals surface area contributed by atoms with Gasteiger partial charge in [0.25, 0.3) is 0 Å². The lowest BCUT2D eigenvalue weighted by Gasteiger charge is -2.10. The molecule has 1 aromatic rings. The number of aldehydes is 1. The van der Waals surface area contributed by atoms with Crippen LogP contribution in [0.25, 0.3) is 0 Å². The molecule has 0 aliphatic carbocycles. The van der Waals surface area contributed by atoms with Crippen molar-refractivity contribution in [3.8, 4) is 0 Å². The highest BCUT2D eigenvalue weighted by molar-refractivity contribution is 7.92. The van der Waals surface area contributed by atoms with E-state index in [4.69, 9.17) is 0 Å². The van der Waals surface area contributed by atoms with Crippen LogP contribution in [-0.4, -0.2) is 21.0 Å². The number of carbonyl (C=O) groups excluding carboxylic acids is 1. The molecule has 0 unspecified atom stereocenters. The Morgan fingerprint density at radius 3 is 2.60 bits per heavy atom. The quantitative estimate of drug-likeness (QED) is 0.784. The van der Waals surface area contributed by atoms with Gasteiger partial charge in [0.1, 0.15) is 6.29 Å². The summed E-state index contributed by atoms with van der Waals surface area (Å²) in [5.41, 5.74) is 2.14. The molecule has 0 aromatic heterocycles. The summed E-state index contributed by atoms with van der Waals surface area (Å²) in [7, 11) is -3.27. The largest absolute Gasteiger partial charge is 0.303 e. The molecule has 0 atom stereocenters. The number of hydrogen-bond donors (Lipinski definition) is 1. The molecule has 0 aliphatic rings. The van der Waals surface area contributed by atoms with E-state index < -0.39 is 10.0 Å². The van der Waals surface area contributed by atoms with Crippen molar-refractivity contribution in [3.63, 3.8) is 0 Å². The van der Waals surface area contributed by atoms with Crippen LogP contribution >= 0.6 is 0 Å². The van der Waals surface area contributed by atoms with Gasteiger partial charge in [0.05, 0.1) is 11.9 Å². The molecule has 15 heavy (non-hydrogen) atoms. The van der Waals surface area contributed by atoms with Gasteiger partial charge in [-0.2, -0.15) is 0 Å². The second-order valence-corrected chi connectivity index (χ2v) is 5.08. The van der Waals surface area contributed by atoms with Crippen molar-refractivity contribution in [2.45, 2.75) is 13.3 Å². The number of carbonyl (C=O) groups is 1. The fourth-order valence-electron chi connectivity index (χ4n) is 1.30. The molecular formula is C10H13NO3S. The summed E-state index contributed by atoms with van der Waals surface area (Å²) in [6.45, 7) is 1.78. The highest BCUT2D eigenvalue weighted by Gasteiger charge is 2.07. The van der Waals surface area contributed by atoms with Crippen LogP contribution in [-0.2, 0) is 21.2 Å². The molecule has 1 rings (SSSR count). The molecule has 82 valence electrons. The van der Waals surface area contributed by atoms with Gasteiger partial charge in [-0.15, -0.1) is 0 Å². The van der Waals surface area contributed by atoms with Crippen LogP contribution in [0.2, 0.25) is 0 Å². The fraction of sp³-hybridized carbons (Fsp3) is 0.300. The molecule has 0 radical (unpaired) electrons. The summed E-state index contributed by atoms with van der Waals surface area (Å²) in [6.07, 6.45) is 2.19. The molecule has 0 heterocycles. The summed E-state index contributed by atoms with van der Waals surface area (Å²) < 4.78 is 24.5. The predicted octanol–water partition coefficient (Wildman–Crippen LogP) is 1.11. The lowest BCUT2D eigenvalue weighted by molar-refractivity contribution is -0.107. The minimum atomic E-state index is -3.27. The molecule has 1 aromatic carbocycles. The molecule has 4 nitrogen and oxygen atoms in total. The lowest BCUT2D eigenvalue weighted by Crippen LogP contribution is -2.11. The van der Waals surface area contributed by atoms with E-state index in [9.17, 15) is 13.2 Å². The Bertz CT molecular complexity index is 466. The van der Waals surface area contributed by atoms with Gasteiger partial charge in [-0.05, 0) is 24.1 Å². The van der Waals surface area contributed by atoms with Gasteiger partial charge in [-0.1, -0.05) is 12.1 Å². The number of nitrogens with one attached hydrogen (secondary N) is 1. The molecular weight excluding hydrogens is 214 g/mol. The topological polar surface area (TPSA) is 63.2 Å². The molecule has 0 bridgehead atoms. The molecule has 0 aliphatic heterocycles. The van der Waals surface area contributed by atoms with Crippen molar-refractivity contribution in [1.29, 1.82) is 0 Å². The number of rotatable bonds is 4. The van der Waals surface area contributed by atoms with Crippen LogP contribution in [0.3, 0.4) is 0 Å². The normalized spacial score (nSPS) is 11.1. The Balaban J connectivity index is 3.09. The second kappa shape index (κ2) is 4.44. The highest BCUT2D eigenvalue weighted by Crippen LogP contribution is 2.19. The van der Waals surface area contributed by atoms with E-state index in [0.29, 0.717) is 12.1 Å². The Morgan fingerprint density at radius 2 is 2.07 bits per heavy atom. The predicted molar refractivity (Wildman–Crippen MR) is 59.4 cm³/mol. The maximum atomic E-state index is 11.0. The monoisotopic (exact) mass is 227 g/mol. The lowest BCUT2D eigenvalue weighted by atomic mass is 10.1. The summed E-state index contributed by atoms with van der Waals surface area (Å²) >= 11 is 0. The van der Waals surface area contributed by atoms with Gasteiger partial charge in [0.15, 0.2) is 0 Å². The zero-order valence-electron chi connectivity index (χ0n) is 8.65. The zero-order chi connectivity index (χ0) is 11.5. The fourth-order valence-corrected chi connectivity index (χ4v) is 1.93. The first kappa shape index (κ1) is 11.7. The van der Waals surface area contributed by atoms with Crippen molar-refractivity contribution in [1.82, 2.24) is 0 Å². The summed E-state index contributed by atoms with van der Waals surface area (Å²) in [5, 5.41) is 0. The van der Waals surface area contributed by atoms with Crippen LogP contribution in [0.1, 0.15) is 11.1 Å². The van der Waals surface area contributed by atoms with E-state index in [0.717, 1.165) is 23.7 Å². The molecule has 0 amide bonds. The first-order chi connectivity index (χ1) is 6.94. The number of sulfonamides is 1. The molecule has 0 spiro atoms. The Kier molecular flexibility index (Phi) is 3.47. The van der Waals surface area contributed by atoms with E-state index in [-0.39, 0.29) is 0 Å². The third-order valence-corrected chi connectivity index (χ3v) is 2.64. The minimum absolute atomic E-state index is 0.297. The van der Waals surface area contributed by atoms with Crippen molar-refractivity contribution in [2.75, 3.05) is 11.0 Å². The SMILES string of the molecule is Cc1c(CC=O)cccc1NS(C)(=O)=O. The number of benzene rings is 1. The van der Waals surface area contributed by atoms with Gasteiger partial charge in [0, 0.05) is 6.42 Å². The molecule has 1 N–H and O–H groups in total. The van der Waals surface area contributed by atoms with Crippen LogP contribution in [0, 0.1) is 6.92 Å². The third-order valence-electron chi connectivity index (χ3n) is 2.04. The van der Waals surface area contributed by atoms with Gasteiger partial charge < -0.3 is 4.79 Å². The first-order valence-corrected chi connectivity index (χ1v) is 6.33. The van der Waals surface area contributed by atoms with Gasteiger partial charge >= 0.3 is 0 Å². The van der Waals surface area contributed by atoms with Crippen molar-refractivity contribution in [2.24, 2.45) is 0 Å². The van der Waals surface area contributed by atoms with Crippen molar-refractivity contribution < 1.29 is 13.2 Å². The van der Waals surface area contributed by atoms with Crippen LogP contribution in [0.15, 0.2) is 18.2 Å². The zero-order valence-corrected chi connectivity index (χ0v) is 9.47. The third kappa shape index (κ3) is 3.36. The Labute approximate surface area is 89.4 Å². The molecule has 0 fully saturated rings. The Morgan fingerprint density at radius 1 is 1.40 bits per heavy atom. The van der Waals surface area contributed by atoms with Gasteiger partial charge in [0.2, 0.25) is 10.0 Å². The van der Waals surface area contributed by atoms with Crippen molar-refractivity contribution >= 4 is 22.0 Å². The van der Waals surface area contributed by atoms with E-state index in [1.54, 1.807) is 25.1 Å². The summed E-state index contributed by atoms with van der Waals surface area (Å²) in [4.78, 5) is 10.4. The van der Waals surface area contributed by atoms with E-state index in [1.807, 2.05) is 0 Å². The maximum Gasteiger partial charge on any atom is 0.229 e. The van der Waals surface area contributed by atoms with Crippen LogP contribution in [0.5, 0.6) is 0 Å². The summed E-state index contributed by atoms with van der Waals surface area (Å²) in [5.74, 6) is 0. The first-order valence-electron chi connectivity index (χ1n) is 4.44. The number of anilines is 1. The smallest absolute Gasteiger partial charge is 0.229 e. The van der Waals surface area contributed by atoms with E-state index in [1.165, 1.54) is 0 Å². The Hall–Kier alpha value is -1.36. The van der Waals surface area contributed by atoms with Crippen molar-refractivity contribution in [3.05, 3.63) is 29.3 Å². The van der Waals surface area contributed by atoms with Gasteiger partial charge in [-0.25, -0.2) is 8.42 Å². The standard InChI is InChI=1S/C10H13NO3S/c1-8-9(6-7-12)4-3-5-10(8)11-15(2,13)14/h3-5,7,11H,6H2,1-2H3. The molecule has 5 heteroatoms. The average Bonchev–Trinajstić information content (AvgIpc) is 2.10. The molecule has 0 saturated carbocycles. The second-order valence-electron chi connectivity index (χ2n) is 3.33. The van der Waals surface area contributed by atoms with Crippen LogP contribution in [0.4, 0.5) is 5.69 Å². The summed E-state index contributed by atoms with van der Waals surface area (Å²) in [6, 6.07) is 5.20. The van der Waals surface area contributed by atoms with E-state index in [2.05, 4.69) is 4.72 Å². The highest BCUT2D eigenvalue weighted by atomic mass is 32.2. The minimum Gasteiger partial charge on any atom is -0.303 e. The van der Waals surface area contributed by atoms with Gasteiger partial charge in [-0.3, -0.25) is 4.72 Å². The number of hydrogen-bond acceptors (Lipinski definition) is 3. The van der Waals surface area contributed by atoms with Crippen LogP contribution < -0.4 is 4.72 Å². The molecule has 0 saturated heterocycles. The maximum absolute atomic E-state index is 11.0. The van der Waals surface area contributed by atoms with E-state index >= 15 is 0 Å².